The zero-order chi connectivity index (χ0) is 20.7. The molecule has 0 fully saturated rings. The maximum absolute atomic E-state index is 14.1. The van der Waals surface area contributed by atoms with Crippen molar-refractivity contribution in [2.75, 3.05) is 5.32 Å². The van der Waals surface area contributed by atoms with Crippen LogP contribution in [0.5, 0.6) is 0 Å². The molecule has 3 aromatic heterocycles. The number of carbonyl (C=O) groups is 1. The lowest BCUT2D eigenvalue weighted by atomic mass is 10.1. The van der Waals surface area contributed by atoms with Crippen LogP contribution < -0.4 is 5.32 Å². The van der Waals surface area contributed by atoms with Crippen LogP contribution in [0.25, 0.3) is 33.4 Å². The number of aromatic nitrogens is 4. The third kappa shape index (κ3) is 3.26. The van der Waals surface area contributed by atoms with Gasteiger partial charge in [-0.05, 0) is 42.5 Å². The molecule has 0 saturated heterocycles. The number of oxazole rings is 1. The Morgan fingerprint density at radius 2 is 2.00 bits per heavy atom. The minimum Gasteiger partial charge on any atom is -0.443 e. The molecule has 5 rings (SSSR count). The number of nitrogens with one attached hydrogen (secondary N) is 1. The molecule has 0 spiro atoms. The number of nitrogens with zero attached hydrogens (tertiary/aromatic N) is 4. The Morgan fingerprint density at radius 1 is 1.10 bits per heavy atom. The van der Waals surface area contributed by atoms with Gasteiger partial charge in [0.2, 0.25) is 5.91 Å². The van der Waals surface area contributed by atoms with Crippen LogP contribution in [-0.4, -0.2) is 25.7 Å². The normalized spacial score (nSPS) is 11.3. The van der Waals surface area contributed by atoms with E-state index in [2.05, 4.69) is 20.4 Å². The standard InChI is InChI=1S/C21H13F2N5O2/c22-13-2-4-15(16(23)7-13)17-5-1-12-9-25-28(21(12)27-17)10-20(29)26-14-3-6-19-18(8-14)24-11-30-19/h1-9,11H,10H2,(H,26,29). The van der Waals surface area contributed by atoms with Crippen molar-refractivity contribution in [2.24, 2.45) is 0 Å². The fraction of sp³-hybridized carbons (Fsp3) is 0.0476. The Labute approximate surface area is 168 Å². The third-order valence-corrected chi connectivity index (χ3v) is 4.60. The van der Waals surface area contributed by atoms with Crippen molar-refractivity contribution in [1.82, 2.24) is 19.7 Å². The molecule has 0 saturated carbocycles. The highest BCUT2D eigenvalue weighted by Crippen LogP contribution is 2.24. The molecule has 0 radical (unpaired) electrons. The second-order valence-electron chi connectivity index (χ2n) is 6.62. The first-order chi connectivity index (χ1) is 14.6. The number of benzene rings is 2. The molecule has 0 atom stereocenters. The van der Waals surface area contributed by atoms with E-state index in [1.165, 1.54) is 23.2 Å². The summed E-state index contributed by atoms with van der Waals surface area (Å²) >= 11 is 0. The maximum Gasteiger partial charge on any atom is 0.246 e. The van der Waals surface area contributed by atoms with Gasteiger partial charge in [-0.1, -0.05) is 0 Å². The largest absolute Gasteiger partial charge is 0.443 e. The summed E-state index contributed by atoms with van der Waals surface area (Å²) in [6, 6.07) is 11.8. The van der Waals surface area contributed by atoms with E-state index in [9.17, 15) is 13.6 Å². The lowest BCUT2D eigenvalue weighted by Gasteiger charge is -2.07. The summed E-state index contributed by atoms with van der Waals surface area (Å²) in [4.78, 5) is 21.0. The molecule has 0 aliphatic carbocycles. The Hall–Kier alpha value is -4.14. The molecule has 5 aromatic rings. The number of pyridine rings is 1. The summed E-state index contributed by atoms with van der Waals surface area (Å²) < 4.78 is 33.9. The highest BCUT2D eigenvalue weighted by molar-refractivity contribution is 5.93. The number of fused-ring (bicyclic) bond motifs is 2. The number of anilines is 1. The first kappa shape index (κ1) is 17.9. The zero-order valence-electron chi connectivity index (χ0n) is 15.3. The molecule has 1 amide bonds. The van der Waals surface area contributed by atoms with Crippen LogP contribution in [0.4, 0.5) is 14.5 Å². The summed E-state index contributed by atoms with van der Waals surface area (Å²) in [5.41, 5.74) is 2.72. The minimum absolute atomic E-state index is 0.0945. The molecular weight excluding hydrogens is 392 g/mol. The SMILES string of the molecule is O=C(Cn1ncc2ccc(-c3ccc(F)cc3F)nc21)Nc1ccc2ocnc2c1. The molecule has 9 heteroatoms. The number of rotatable bonds is 4. The predicted octanol–water partition coefficient (Wildman–Crippen LogP) is 4.16. The van der Waals surface area contributed by atoms with E-state index in [0.29, 0.717) is 33.5 Å². The van der Waals surface area contributed by atoms with Gasteiger partial charge in [0.05, 0.1) is 11.9 Å². The fourth-order valence-electron chi connectivity index (χ4n) is 3.19. The van der Waals surface area contributed by atoms with E-state index in [0.717, 1.165) is 6.07 Å². The van der Waals surface area contributed by atoms with Crippen LogP contribution >= 0.6 is 0 Å². The summed E-state index contributed by atoms with van der Waals surface area (Å²) in [7, 11) is 0. The Balaban J connectivity index is 1.41. The highest BCUT2D eigenvalue weighted by atomic mass is 19.1. The smallest absolute Gasteiger partial charge is 0.246 e. The van der Waals surface area contributed by atoms with Crippen molar-refractivity contribution in [1.29, 1.82) is 0 Å². The van der Waals surface area contributed by atoms with Gasteiger partial charge in [-0.2, -0.15) is 5.10 Å². The van der Waals surface area contributed by atoms with Crippen molar-refractivity contribution in [3.63, 3.8) is 0 Å². The van der Waals surface area contributed by atoms with Gasteiger partial charge in [0.15, 0.2) is 17.6 Å². The first-order valence-electron chi connectivity index (χ1n) is 8.98. The highest BCUT2D eigenvalue weighted by Gasteiger charge is 2.13. The average molecular weight is 405 g/mol. The van der Waals surface area contributed by atoms with Crippen molar-refractivity contribution in [2.45, 2.75) is 6.54 Å². The number of hydrogen-bond acceptors (Lipinski definition) is 5. The van der Waals surface area contributed by atoms with Crippen LogP contribution in [0.2, 0.25) is 0 Å². The fourth-order valence-corrected chi connectivity index (χ4v) is 3.19. The Morgan fingerprint density at radius 3 is 2.87 bits per heavy atom. The Kier molecular flexibility index (Phi) is 4.20. The quantitative estimate of drug-likeness (QED) is 0.485. The topological polar surface area (TPSA) is 85.8 Å². The molecule has 0 aliphatic heterocycles. The van der Waals surface area contributed by atoms with E-state index in [-0.39, 0.29) is 18.0 Å². The molecule has 0 unspecified atom stereocenters. The van der Waals surface area contributed by atoms with Gasteiger partial charge in [0, 0.05) is 22.7 Å². The lowest BCUT2D eigenvalue weighted by Crippen LogP contribution is -2.19. The molecule has 2 aromatic carbocycles. The number of halogens is 2. The van der Waals surface area contributed by atoms with Crippen LogP contribution in [0, 0.1) is 11.6 Å². The van der Waals surface area contributed by atoms with E-state index in [4.69, 9.17) is 4.42 Å². The number of hydrogen-bond donors (Lipinski definition) is 1. The van der Waals surface area contributed by atoms with Gasteiger partial charge in [-0.3, -0.25) is 4.79 Å². The number of amides is 1. The van der Waals surface area contributed by atoms with E-state index in [1.807, 2.05) is 0 Å². The molecule has 30 heavy (non-hydrogen) atoms. The van der Waals surface area contributed by atoms with Crippen molar-refractivity contribution in [3.8, 4) is 11.3 Å². The molecule has 0 aliphatic rings. The van der Waals surface area contributed by atoms with E-state index in [1.54, 1.807) is 36.5 Å². The first-order valence-corrected chi connectivity index (χ1v) is 8.98. The third-order valence-electron chi connectivity index (χ3n) is 4.60. The van der Waals surface area contributed by atoms with Crippen molar-refractivity contribution < 1.29 is 18.0 Å². The second-order valence-corrected chi connectivity index (χ2v) is 6.62. The van der Waals surface area contributed by atoms with Gasteiger partial charge in [-0.25, -0.2) is 23.4 Å². The maximum atomic E-state index is 14.1. The van der Waals surface area contributed by atoms with Gasteiger partial charge in [0.1, 0.15) is 23.7 Å². The second kappa shape index (κ2) is 7.03. The van der Waals surface area contributed by atoms with Crippen molar-refractivity contribution >= 4 is 33.7 Å². The number of carbonyl (C=O) groups excluding carboxylic acids is 1. The van der Waals surface area contributed by atoms with Crippen molar-refractivity contribution in [3.05, 3.63) is 72.8 Å². The summed E-state index contributed by atoms with van der Waals surface area (Å²) in [5.74, 6) is -1.69. The average Bonchev–Trinajstić information content (AvgIpc) is 3.34. The minimum atomic E-state index is -0.714. The van der Waals surface area contributed by atoms with Crippen LogP contribution in [-0.2, 0) is 11.3 Å². The monoisotopic (exact) mass is 405 g/mol. The van der Waals surface area contributed by atoms with Crippen LogP contribution in [0.1, 0.15) is 0 Å². The summed E-state index contributed by atoms with van der Waals surface area (Å²) in [6.45, 7) is -0.0945. The molecule has 7 nitrogen and oxygen atoms in total. The van der Waals surface area contributed by atoms with E-state index < -0.39 is 11.6 Å². The van der Waals surface area contributed by atoms with Gasteiger partial charge < -0.3 is 9.73 Å². The lowest BCUT2D eigenvalue weighted by molar-refractivity contribution is -0.116. The van der Waals surface area contributed by atoms with Crippen LogP contribution in [0.3, 0.4) is 0 Å². The predicted molar refractivity (Wildman–Crippen MR) is 106 cm³/mol. The molecule has 148 valence electrons. The van der Waals surface area contributed by atoms with E-state index >= 15 is 0 Å². The van der Waals surface area contributed by atoms with Gasteiger partial charge in [0.25, 0.3) is 0 Å². The molecule has 0 bridgehead atoms. The van der Waals surface area contributed by atoms with Gasteiger partial charge >= 0.3 is 0 Å². The summed E-state index contributed by atoms with van der Waals surface area (Å²) in [6.07, 6.45) is 2.90. The van der Waals surface area contributed by atoms with Gasteiger partial charge in [-0.15, -0.1) is 0 Å². The summed E-state index contributed by atoms with van der Waals surface area (Å²) in [5, 5.41) is 7.67. The zero-order valence-corrected chi connectivity index (χ0v) is 15.3. The Bertz CT molecular complexity index is 1410. The molecule has 3 heterocycles. The molecular formula is C21H13F2N5O2. The molecule has 1 N–H and O–H groups in total. The van der Waals surface area contributed by atoms with Crippen LogP contribution in [0.15, 0.2) is 65.5 Å².